The molecule has 4 nitrogen and oxygen atoms in total. The predicted octanol–water partition coefficient (Wildman–Crippen LogP) is 5.16. The standard InChI is InChI=1S/C26H32N2O2S/c29-24(18-9-3-8-16-22-12-4-1-5-13-22)27-20-21-28(26(27)31)25(30)19-11-10-17-23-14-6-2-7-15-23/h1-2,4-7,12-15H,3,8-11,16-21H2. The third-order valence-corrected chi connectivity index (χ3v) is 6.20. The van der Waals surface area contributed by atoms with Gasteiger partial charge >= 0.3 is 0 Å². The molecule has 2 aromatic rings. The van der Waals surface area contributed by atoms with Crippen molar-refractivity contribution in [2.24, 2.45) is 0 Å². The second kappa shape index (κ2) is 12.4. The third-order valence-electron chi connectivity index (χ3n) is 5.76. The average Bonchev–Trinajstić information content (AvgIpc) is 3.19. The minimum Gasteiger partial charge on any atom is -0.287 e. The first-order valence-corrected chi connectivity index (χ1v) is 11.8. The van der Waals surface area contributed by atoms with E-state index in [0.29, 0.717) is 31.0 Å². The highest BCUT2D eigenvalue weighted by atomic mass is 32.1. The van der Waals surface area contributed by atoms with E-state index < -0.39 is 0 Å². The van der Waals surface area contributed by atoms with Crippen molar-refractivity contribution in [1.29, 1.82) is 0 Å². The molecule has 1 aliphatic heterocycles. The zero-order chi connectivity index (χ0) is 21.9. The Morgan fingerprint density at radius 3 is 1.55 bits per heavy atom. The van der Waals surface area contributed by atoms with E-state index in [-0.39, 0.29) is 11.8 Å². The van der Waals surface area contributed by atoms with E-state index in [4.69, 9.17) is 12.2 Å². The molecule has 0 unspecified atom stereocenters. The van der Waals surface area contributed by atoms with Gasteiger partial charge in [-0.3, -0.25) is 19.4 Å². The molecule has 5 heteroatoms. The molecule has 1 saturated heterocycles. The van der Waals surface area contributed by atoms with Gasteiger partial charge in [-0.25, -0.2) is 0 Å². The maximum Gasteiger partial charge on any atom is 0.228 e. The van der Waals surface area contributed by atoms with E-state index >= 15 is 0 Å². The minimum absolute atomic E-state index is 0.0382. The van der Waals surface area contributed by atoms with E-state index in [2.05, 4.69) is 36.4 Å². The lowest BCUT2D eigenvalue weighted by atomic mass is 10.1. The van der Waals surface area contributed by atoms with Crippen molar-refractivity contribution < 1.29 is 9.59 Å². The van der Waals surface area contributed by atoms with Crippen molar-refractivity contribution in [3.05, 3.63) is 71.8 Å². The molecule has 0 radical (unpaired) electrons. The van der Waals surface area contributed by atoms with Crippen LogP contribution < -0.4 is 0 Å². The molecule has 1 heterocycles. The Bertz CT molecular complexity index is 854. The monoisotopic (exact) mass is 436 g/mol. The summed E-state index contributed by atoms with van der Waals surface area (Å²) in [5.41, 5.74) is 2.64. The molecule has 0 spiro atoms. The molecule has 0 aromatic heterocycles. The lowest BCUT2D eigenvalue weighted by molar-refractivity contribution is -0.127. The molecule has 164 valence electrons. The lowest BCUT2D eigenvalue weighted by Crippen LogP contribution is -2.38. The van der Waals surface area contributed by atoms with Gasteiger partial charge in [-0.05, 0) is 61.9 Å². The van der Waals surface area contributed by atoms with Gasteiger partial charge in [-0.15, -0.1) is 0 Å². The van der Waals surface area contributed by atoms with Gasteiger partial charge in [0.1, 0.15) is 0 Å². The molecule has 0 N–H and O–H groups in total. The number of amides is 2. The van der Waals surface area contributed by atoms with Crippen molar-refractivity contribution in [2.75, 3.05) is 13.1 Å². The number of carbonyl (C=O) groups excluding carboxylic acids is 2. The number of hydrogen-bond acceptors (Lipinski definition) is 3. The summed E-state index contributed by atoms with van der Waals surface area (Å²) in [5.74, 6) is 0.0836. The van der Waals surface area contributed by atoms with Gasteiger partial charge in [-0.1, -0.05) is 67.1 Å². The van der Waals surface area contributed by atoms with Crippen molar-refractivity contribution in [1.82, 2.24) is 9.80 Å². The summed E-state index contributed by atoms with van der Waals surface area (Å²) in [6, 6.07) is 20.7. The van der Waals surface area contributed by atoms with Crippen LogP contribution in [0.15, 0.2) is 60.7 Å². The van der Waals surface area contributed by atoms with Crippen LogP contribution in [0.5, 0.6) is 0 Å². The van der Waals surface area contributed by atoms with E-state index in [1.807, 2.05) is 24.3 Å². The van der Waals surface area contributed by atoms with Crippen LogP contribution in [0.25, 0.3) is 0 Å². The van der Waals surface area contributed by atoms with Crippen LogP contribution in [-0.4, -0.2) is 39.8 Å². The molecular weight excluding hydrogens is 404 g/mol. The Balaban J connectivity index is 1.31. The van der Waals surface area contributed by atoms with Gasteiger partial charge in [0.15, 0.2) is 5.11 Å². The van der Waals surface area contributed by atoms with Crippen LogP contribution in [0.4, 0.5) is 0 Å². The van der Waals surface area contributed by atoms with E-state index in [0.717, 1.165) is 44.9 Å². The molecule has 3 rings (SSSR count). The lowest BCUT2D eigenvalue weighted by Gasteiger charge is -2.19. The van der Waals surface area contributed by atoms with Crippen LogP contribution in [-0.2, 0) is 22.4 Å². The van der Waals surface area contributed by atoms with Gasteiger partial charge in [0.05, 0.1) is 0 Å². The fourth-order valence-corrected chi connectivity index (χ4v) is 4.33. The quantitative estimate of drug-likeness (QED) is 0.361. The number of hydrogen-bond donors (Lipinski definition) is 0. The van der Waals surface area contributed by atoms with Gasteiger partial charge in [-0.2, -0.15) is 0 Å². The van der Waals surface area contributed by atoms with Gasteiger partial charge in [0.2, 0.25) is 11.8 Å². The maximum atomic E-state index is 12.6. The smallest absolute Gasteiger partial charge is 0.228 e. The first-order valence-electron chi connectivity index (χ1n) is 11.4. The predicted molar refractivity (Wildman–Crippen MR) is 129 cm³/mol. The molecule has 1 aliphatic rings. The average molecular weight is 437 g/mol. The minimum atomic E-state index is 0.0382. The fraction of sp³-hybridized carbons (Fsp3) is 0.423. The summed E-state index contributed by atoms with van der Waals surface area (Å²) in [6.07, 6.45) is 7.77. The molecule has 0 atom stereocenters. The molecule has 0 saturated carbocycles. The maximum absolute atomic E-state index is 12.6. The van der Waals surface area contributed by atoms with Crippen LogP contribution in [0.3, 0.4) is 0 Å². The number of benzene rings is 2. The number of nitrogens with zero attached hydrogens (tertiary/aromatic N) is 2. The summed E-state index contributed by atoms with van der Waals surface area (Å²) in [6.45, 7) is 1.05. The summed E-state index contributed by atoms with van der Waals surface area (Å²) in [5, 5.41) is 0.391. The highest BCUT2D eigenvalue weighted by Crippen LogP contribution is 2.16. The Morgan fingerprint density at radius 2 is 1.06 bits per heavy atom. The number of rotatable bonds is 11. The largest absolute Gasteiger partial charge is 0.287 e. The Hall–Kier alpha value is -2.53. The van der Waals surface area contributed by atoms with Crippen LogP contribution in [0.2, 0.25) is 0 Å². The molecule has 0 aliphatic carbocycles. The van der Waals surface area contributed by atoms with Crippen molar-refractivity contribution in [3.63, 3.8) is 0 Å². The molecule has 1 fully saturated rings. The zero-order valence-corrected chi connectivity index (χ0v) is 19.0. The van der Waals surface area contributed by atoms with Gasteiger partial charge in [0, 0.05) is 25.9 Å². The van der Waals surface area contributed by atoms with E-state index in [1.165, 1.54) is 11.1 Å². The molecule has 31 heavy (non-hydrogen) atoms. The normalized spacial score (nSPS) is 13.6. The van der Waals surface area contributed by atoms with Crippen molar-refractivity contribution >= 4 is 29.1 Å². The number of thiocarbonyl (C=S) groups is 1. The highest BCUT2D eigenvalue weighted by Gasteiger charge is 2.32. The van der Waals surface area contributed by atoms with Crippen molar-refractivity contribution in [2.45, 2.75) is 57.8 Å². The van der Waals surface area contributed by atoms with Crippen LogP contribution in [0.1, 0.15) is 56.1 Å². The number of unbranched alkanes of at least 4 members (excludes halogenated alkanes) is 3. The summed E-state index contributed by atoms with van der Waals surface area (Å²) in [4.78, 5) is 28.4. The van der Waals surface area contributed by atoms with E-state index in [1.54, 1.807) is 9.80 Å². The van der Waals surface area contributed by atoms with Crippen LogP contribution >= 0.6 is 12.2 Å². The van der Waals surface area contributed by atoms with Gasteiger partial charge < -0.3 is 0 Å². The Morgan fingerprint density at radius 1 is 0.645 bits per heavy atom. The second-order valence-corrected chi connectivity index (χ2v) is 8.48. The fourth-order valence-electron chi connectivity index (χ4n) is 3.95. The number of carbonyl (C=O) groups is 2. The SMILES string of the molecule is O=C(CCCCCc1ccccc1)N1CCN(C(=O)CCCCc2ccccc2)C1=S. The van der Waals surface area contributed by atoms with Gasteiger partial charge in [0.25, 0.3) is 0 Å². The first-order chi connectivity index (χ1) is 15.1. The zero-order valence-electron chi connectivity index (χ0n) is 18.2. The Kier molecular flexibility index (Phi) is 9.22. The molecule has 2 amide bonds. The first kappa shape index (κ1) is 23.1. The summed E-state index contributed by atoms with van der Waals surface area (Å²) >= 11 is 5.45. The number of aryl methyl sites for hydroxylation is 2. The van der Waals surface area contributed by atoms with Crippen LogP contribution in [0, 0.1) is 0 Å². The molecular formula is C26H32N2O2S. The van der Waals surface area contributed by atoms with Crippen molar-refractivity contribution in [3.8, 4) is 0 Å². The topological polar surface area (TPSA) is 40.6 Å². The second-order valence-electron chi connectivity index (χ2n) is 8.11. The molecule has 2 aromatic carbocycles. The summed E-state index contributed by atoms with van der Waals surface area (Å²) < 4.78 is 0. The summed E-state index contributed by atoms with van der Waals surface area (Å²) in [7, 11) is 0. The molecule has 0 bridgehead atoms. The highest BCUT2D eigenvalue weighted by molar-refractivity contribution is 7.80. The van der Waals surface area contributed by atoms with E-state index in [9.17, 15) is 9.59 Å². The Labute approximate surface area is 191 Å². The third kappa shape index (κ3) is 7.28.